The minimum atomic E-state index is 1.05. The van der Waals surface area contributed by atoms with Crippen LogP contribution in [0.2, 0.25) is 0 Å². The number of fused-ring (bicyclic) bond motifs is 13. The first kappa shape index (κ1) is 20.8. The Kier molecular flexibility index (Phi) is 3.96. The first-order valence-electron chi connectivity index (χ1n) is 12.3. The number of thiophene rings is 4. The molecule has 6 aromatic heterocycles. The molecule has 0 saturated heterocycles. The highest BCUT2D eigenvalue weighted by Gasteiger charge is 2.26. The summed E-state index contributed by atoms with van der Waals surface area (Å²) in [5.74, 6) is 0. The summed E-state index contributed by atoms with van der Waals surface area (Å²) in [7, 11) is 0. The van der Waals surface area contributed by atoms with Crippen LogP contribution in [0.25, 0.3) is 76.3 Å². The normalized spacial score (nSPS) is 12.7. The third-order valence-corrected chi connectivity index (χ3v) is 12.7. The fraction of sp³-hybridized carbons (Fsp3) is 0.0968. The molecule has 0 radical (unpaired) electrons. The highest BCUT2D eigenvalue weighted by Crippen LogP contribution is 2.55. The zero-order valence-corrected chi connectivity index (χ0v) is 23.5. The van der Waals surface area contributed by atoms with E-state index in [1.54, 1.807) is 0 Å². The highest BCUT2D eigenvalue weighted by atomic mass is 32.1. The van der Waals surface area contributed by atoms with E-state index in [1.165, 1.54) is 81.8 Å². The Morgan fingerprint density at radius 1 is 0.541 bits per heavy atom. The van der Waals surface area contributed by atoms with Crippen molar-refractivity contribution < 1.29 is 4.42 Å². The van der Waals surface area contributed by atoms with Gasteiger partial charge < -0.3 is 8.98 Å². The molecule has 9 aromatic rings. The van der Waals surface area contributed by atoms with Crippen molar-refractivity contribution in [3.05, 3.63) is 77.4 Å². The van der Waals surface area contributed by atoms with Gasteiger partial charge in [-0.3, -0.25) is 0 Å². The van der Waals surface area contributed by atoms with Crippen LogP contribution in [0, 0.1) is 20.8 Å². The minimum Gasteiger partial charge on any atom is -0.452 e. The lowest BCUT2D eigenvalue weighted by atomic mass is 10.2. The average Bonchev–Trinajstić information content (AvgIpc) is 3.67. The smallest absolute Gasteiger partial charge is 0.164 e. The van der Waals surface area contributed by atoms with E-state index in [0.29, 0.717) is 0 Å². The maximum absolute atomic E-state index is 6.64. The first-order chi connectivity index (χ1) is 18.0. The fourth-order valence-electron chi connectivity index (χ4n) is 5.66. The summed E-state index contributed by atoms with van der Waals surface area (Å²) in [6.45, 7) is 6.49. The van der Waals surface area contributed by atoms with E-state index in [-0.39, 0.29) is 0 Å². The molecule has 0 saturated carbocycles. The van der Waals surface area contributed by atoms with Gasteiger partial charge in [-0.2, -0.15) is 0 Å². The maximum Gasteiger partial charge on any atom is 0.164 e. The maximum atomic E-state index is 6.64. The summed E-state index contributed by atoms with van der Waals surface area (Å²) in [6, 6.07) is 22.5. The fourth-order valence-corrected chi connectivity index (χ4v) is 11.4. The molecule has 9 rings (SSSR count). The summed E-state index contributed by atoms with van der Waals surface area (Å²) in [5, 5.41) is 2.57. The standard InChI is InChI=1S/C31H19NOS4/c1-14-4-8-17(9-5-14)32-20-12-15(2)6-10-18(20)25-22(32)26-30(35-25)31-29(36-26)24-28(37-31)27-23(33-24)19-11-7-16(3)13-21(19)34-27/h4-13H,1-3H3. The van der Waals surface area contributed by atoms with E-state index in [2.05, 4.69) is 86.0 Å². The van der Waals surface area contributed by atoms with Crippen molar-refractivity contribution in [1.82, 2.24) is 4.57 Å². The van der Waals surface area contributed by atoms with Crippen LogP contribution in [-0.4, -0.2) is 4.57 Å². The third-order valence-electron chi connectivity index (χ3n) is 7.44. The van der Waals surface area contributed by atoms with Crippen LogP contribution in [0.5, 0.6) is 0 Å². The molecule has 2 nitrogen and oxygen atoms in total. The molecule has 0 aliphatic rings. The molecule has 0 amide bonds. The zero-order chi connectivity index (χ0) is 24.6. The SMILES string of the molecule is Cc1ccc(-n2c3cc(C)ccc3c3sc4c5sc6c(oc7c8ccc(C)cc8sc76)c5sc4c32)cc1. The van der Waals surface area contributed by atoms with Crippen molar-refractivity contribution >= 4 is 116 Å². The lowest BCUT2D eigenvalue weighted by Crippen LogP contribution is -1.93. The Morgan fingerprint density at radius 3 is 2.00 bits per heavy atom. The van der Waals surface area contributed by atoms with Crippen molar-refractivity contribution in [2.75, 3.05) is 0 Å². The predicted molar refractivity (Wildman–Crippen MR) is 166 cm³/mol. The van der Waals surface area contributed by atoms with Gasteiger partial charge in [0.1, 0.15) is 0 Å². The number of aromatic nitrogens is 1. The number of rotatable bonds is 1. The molecule has 0 spiro atoms. The van der Waals surface area contributed by atoms with Crippen LogP contribution in [0.1, 0.15) is 16.7 Å². The monoisotopic (exact) mass is 549 g/mol. The topological polar surface area (TPSA) is 18.1 Å². The van der Waals surface area contributed by atoms with E-state index in [0.717, 1.165) is 11.2 Å². The molecule has 0 N–H and O–H groups in total. The van der Waals surface area contributed by atoms with Crippen molar-refractivity contribution in [2.45, 2.75) is 20.8 Å². The van der Waals surface area contributed by atoms with Gasteiger partial charge in [0.05, 0.1) is 43.9 Å². The molecule has 37 heavy (non-hydrogen) atoms. The van der Waals surface area contributed by atoms with Crippen molar-refractivity contribution in [2.24, 2.45) is 0 Å². The van der Waals surface area contributed by atoms with Gasteiger partial charge >= 0.3 is 0 Å². The molecule has 0 unspecified atom stereocenters. The molecule has 0 aliphatic heterocycles. The van der Waals surface area contributed by atoms with Gasteiger partial charge in [-0.25, -0.2) is 0 Å². The molecule has 6 heteroatoms. The molecule has 3 aromatic carbocycles. The van der Waals surface area contributed by atoms with Gasteiger partial charge in [0, 0.05) is 21.2 Å². The van der Waals surface area contributed by atoms with Gasteiger partial charge in [0.15, 0.2) is 11.2 Å². The summed E-state index contributed by atoms with van der Waals surface area (Å²) >= 11 is 7.63. The van der Waals surface area contributed by atoms with E-state index < -0.39 is 0 Å². The lowest BCUT2D eigenvalue weighted by molar-refractivity contribution is 0.678. The Morgan fingerprint density at radius 2 is 1.16 bits per heavy atom. The summed E-state index contributed by atoms with van der Waals surface area (Å²) in [4.78, 5) is 0. The van der Waals surface area contributed by atoms with E-state index in [9.17, 15) is 0 Å². The van der Waals surface area contributed by atoms with Gasteiger partial charge in [0.25, 0.3) is 0 Å². The van der Waals surface area contributed by atoms with Crippen LogP contribution in [-0.2, 0) is 0 Å². The quantitative estimate of drug-likeness (QED) is 0.199. The van der Waals surface area contributed by atoms with E-state index in [4.69, 9.17) is 4.42 Å². The molecule has 0 aliphatic carbocycles. The van der Waals surface area contributed by atoms with E-state index in [1.807, 2.05) is 45.3 Å². The number of nitrogens with zero attached hydrogens (tertiary/aromatic N) is 1. The molecule has 0 fully saturated rings. The van der Waals surface area contributed by atoms with Crippen molar-refractivity contribution in [3.8, 4) is 5.69 Å². The van der Waals surface area contributed by atoms with Crippen LogP contribution in [0.4, 0.5) is 0 Å². The van der Waals surface area contributed by atoms with Crippen molar-refractivity contribution in [1.29, 1.82) is 0 Å². The number of benzene rings is 3. The lowest BCUT2D eigenvalue weighted by Gasteiger charge is -2.08. The molecule has 178 valence electrons. The Hall–Kier alpha value is -3.16. The molecule has 0 bridgehead atoms. The molecule has 0 atom stereocenters. The summed E-state index contributed by atoms with van der Waals surface area (Å²) < 4.78 is 19.9. The Bertz CT molecular complexity index is 2380. The van der Waals surface area contributed by atoms with Crippen LogP contribution in [0.3, 0.4) is 0 Å². The van der Waals surface area contributed by atoms with E-state index >= 15 is 0 Å². The second-order valence-corrected chi connectivity index (χ2v) is 14.1. The largest absolute Gasteiger partial charge is 0.452 e. The number of aryl methyl sites for hydroxylation is 3. The number of hydrogen-bond acceptors (Lipinski definition) is 5. The predicted octanol–water partition coefficient (Wildman–Crippen LogP) is 11.3. The third kappa shape index (κ3) is 2.64. The first-order valence-corrected chi connectivity index (χ1v) is 15.5. The molecular weight excluding hydrogens is 531 g/mol. The van der Waals surface area contributed by atoms with Gasteiger partial charge in [0.2, 0.25) is 0 Å². The van der Waals surface area contributed by atoms with Gasteiger partial charge in [-0.1, -0.05) is 35.9 Å². The van der Waals surface area contributed by atoms with Crippen molar-refractivity contribution in [3.63, 3.8) is 0 Å². The Balaban J connectivity index is 1.41. The van der Waals surface area contributed by atoms with Crippen LogP contribution >= 0.6 is 45.3 Å². The van der Waals surface area contributed by atoms with Gasteiger partial charge in [-0.05, 0) is 62.2 Å². The van der Waals surface area contributed by atoms with Gasteiger partial charge in [-0.15, -0.1) is 45.3 Å². The summed E-state index contributed by atoms with van der Waals surface area (Å²) in [5.41, 5.74) is 9.82. The van der Waals surface area contributed by atoms with Crippen LogP contribution < -0.4 is 0 Å². The second kappa shape index (κ2) is 7.03. The molecule has 6 heterocycles. The average molecular weight is 550 g/mol. The molecular formula is C31H19NOS4. The number of furan rings is 1. The number of hydrogen-bond donors (Lipinski definition) is 0. The second-order valence-electron chi connectivity index (χ2n) is 10.0. The Labute approximate surface area is 227 Å². The zero-order valence-electron chi connectivity index (χ0n) is 20.3. The summed E-state index contributed by atoms with van der Waals surface area (Å²) in [6.07, 6.45) is 0. The highest BCUT2D eigenvalue weighted by molar-refractivity contribution is 7.44. The van der Waals surface area contributed by atoms with Crippen LogP contribution in [0.15, 0.2) is 65.1 Å². The minimum absolute atomic E-state index is 1.05.